The van der Waals surface area contributed by atoms with E-state index in [1.54, 1.807) is 23.6 Å². The number of aromatic nitrogens is 2. The molecule has 0 saturated carbocycles. The fraction of sp³-hybridized carbons (Fsp3) is 0.0909. The fourth-order valence-corrected chi connectivity index (χ4v) is 4.10. The van der Waals surface area contributed by atoms with Crippen LogP contribution in [0, 0.1) is 5.82 Å². The quantitative estimate of drug-likeness (QED) is 0.469. The molecule has 0 aliphatic carbocycles. The van der Waals surface area contributed by atoms with Gasteiger partial charge in [-0.15, -0.1) is 11.3 Å². The number of halogens is 1. The molecule has 1 N–H and O–H groups in total. The Balaban J connectivity index is 1.76. The zero-order chi connectivity index (χ0) is 22.8. The zero-order valence-electron chi connectivity index (χ0n) is 16.7. The van der Waals surface area contributed by atoms with Gasteiger partial charge in [0.2, 0.25) is 5.91 Å². The number of rotatable bonds is 5. The van der Waals surface area contributed by atoms with E-state index in [1.807, 2.05) is 0 Å². The van der Waals surface area contributed by atoms with Gasteiger partial charge < -0.3 is 10.1 Å². The Hall–Kier alpha value is -4.05. The molecule has 2 heterocycles. The van der Waals surface area contributed by atoms with Crippen LogP contribution in [0.5, 0.6) is 0 Å². The van der Waals surface area contributed by atoms with Crippen molar-refractivity contribution in [1.29, 1.82) is 0 Å². The van der Waals surface area contributed by atoms with Crippen molar-refractivity contribution < 1.29 is 18.7 Å². The SMILES string of the molecule is COC(=O)c1ccccc1NC(=O)Cn1c(=O)n(-c2ccc(F)cc2)c(=O)c2sccc21. The number of benzene rings is 2. The van der Waals surface area contributed by atoms with Crippen molar-refractivity contribution in [3.63, 3.8) is 0 Å². The second-order valence-corrected chi connectivity index (χ2v) is 7.62. The van der Waals surface area contributed by atoms with Crippen LogP contribution < -0.4 is 16.6 Å². The van der Waals surface area contributed by atoms with E-state index in [-0.39, 0.29) is 21.6 Å². The van der Waals surface area contributed by atoms with Gasteiger partial charge in [0.25, 0.3) is 5.56 Å². The number of nitrogens with one attached hydrogen (secondary N) is 1. The highest BCUT2D eigenvalue weighted by atomic mass is 32.1. The molecule has 10 heteroatoms. The molecule has 32 heavy (non-hydrogen) atoms. The lowest BCUT2D eigenvalue weighted by Gasteiger charge is -2.13. The molecule has 0 spiro atoms. The predicted octanol–water partition coefficient (Wildman–Crippen LogP) is 2.78. The number of amides is 1. The van der Waals surface area contributed by atoms with Crippen LogP contribution >= 0.6 is 11.3 Å². The van der Waals surface area contributed by atoms with Crippen LogP contribution in [0.2, 0.25) is 0 Å². The van der Waals surface area contributed by atoms with Gasteiger partial charge in [-0.25, -0.2) is 18.5 Å². The molecule has 4 aromatic rings. The third-order valence-corrected chi connectivity index (χ3v) is 5.64. The summed E-state index contributed by atoms with van der Waals surface area (Å²) in [6, 6.07) is 12.8. The summed E-state index contributed by atoms with van der Waals surface area (Å²) in [6.45, 7) is -0.414. The summed E-state index contributed by atoms with van der Waals surface area (Å²) >= 11 is 1.13. The lowest BCUT2D eigenvalue weighted by molar-refractivity contribution is -0.116. The molecule has 0 fully saturated rings. The molecule has 0 atom stereocenters. The Morgan fingerprint density at radius 1 is 1.06 bits per heavy atom. The molecule has 0 unspecified atom stereocenters. The topological polar surface area (TPSA) is 99.4 Å². The first kappa shape index (κ1) is 21.2. The zero-order valence-corrected chi connectivity index (χ0v) is 17.5. The van der Waals surface area contributed by atoms with E-state index in [4.69, 9.17) is 4.74 Å². The van der Waals surface area contributed by atoms with Crippen molar-refractivity contribution in [2.45, 2.75) is 6.54 Å². The van der Waals surface area contributed by atoms with E-state index in [1.165, 1.54) is 31.4 Å². The van der Waals surface area contributed by atoms with Crippen LogP contribution in [-0.4, -0.2) is 28.1 Å². The highest BCUT2D eigenvalue weighted by Crippen LogP contribution is 2.18. The molecular formula is C22H16FN3O5S. The fourth-order valence-electron chi connectivity index (χ4n) is 3.27. The number of para-hydroxylation sites is 1. The number of hydrogen-bond donors (Lipinski definition) is 1. The van der Waals surface area contributed by atoms with Crippen LogP contribution in [0.25, 0.3) is 15.9 Å². The molecule has 2 aromatic carbocycles. The molecule has 0 aliphatic heterocycles. The summed E-state index contributed by atoms with van der Waals surface area (Å²) in [7, 11) is 1.23. The van der Waals surface area contributed by atoms with E-state index in [9.17, 15) is 23.6 Å². The number of esters is 1. The molecule has 162 valence electrons. The largest absolute Gasteiger partial charge is 0.465 e. The maximum absolute atomic E-state index is 13.3. The lowest BCUT2D eigenvalue weighted by atomic mass is 10.2. The molecule has 8 nitrogen and oxygen atoms in total. The average Bonchev–Trinajstić information content (AvgIpc) is 3.28. The van der Waals surface area contributed by atoms with Gasteiger partial charge in [-0.2, -0.15) is 0 Å². The number of methoxy groups -OCH3 is 1. The first-order valence-electron chi connectivity index (χ1n) is 9.37. The number of fused-ring (bicyclic) bond motifs is 1. The monoisotopic (exact) mass is 453 g/mol. The highest BCUT2D eigenvalue weighted by Gasteiger charge is 2.19. The lowest BCUT2D eigenvalue weighted by Crippen LogP contribution is -2.40. The third kappa shape index (κ3) is 3.83. The van der Waals surface area contributed by atoms with Gasteiger partial charge in [-0.1, -0.05) is 12.1 Å². The standard InChI is InChI=1S/C22H16FN3O5S/c1-31-21(29)15-4-2-3-5-16(15)24-18(27)12-25-17-10-11-32-19(17)20(28)26(22(25)30)14-8-6-13(23)7-9-14/h2-11H,12H2,1H3,(H,24,27). The second kappa shape index (κ2) is 8.60. The number of thiophene rings is 1. The molecular weight excluding hydrogens is 437 g/mol. The molecule has 0 aliphatic rings. The Morgan fingerprint density at radius 3 is 2.50 bits per heavy atom. The summed E-state index contributed by atoms with van der Waals surface area (Å²) in [4.78, 5) is 50.8. The predicted molar refractivity (Wildman–Crippen MR) is 118 cm³/mol. The third-order valence-electron chi connectivity index (χ3n) is 4.75. The minimum Gasteiger partial charge on any atom is -0.465 e. The summed E-state index contributed by atoms with van der Waals surface area (Å²) in [6.07, 6.45) is 0. The van der Waals surface area contributed by atoms with Crippen LogP contribution in [0.4, 0.5) is 10.1 Å². The Morgan fingerprint density at radius 2 is 1.78 bits per heavy atom. The smallest absolute Gasteiger partial charge is 0.339 e. The molecule has 4 rings (SSSR count). The van der Waals surface area contributed by atoms with Crippen molar-refractivity contribution in [3.8, 4) is 5.69 Å². The number of nitrogens with zero attached hydrogens (tertiary/aromatic N) is 2. The first-order valence-corrected chi connectivity index (χ1v) is 10.2. The van der Waals surface area contributed by atoms with E-state index in [0.717, 1.165) is 32.6 Å². The van der Waals surface area contributed by atoms with Crippen molar-refractivity contribution in [1.82, 2.24) is 9.13 Å². The Labute approximate surface area is 184 Å². The average molecular weight is 453 g/mol. The molecule has 2 aromatic heterocycles. The van der Waals surface area contributed by atoms with Gasteiger partial charge >= 0.3 is 11.7 Å². The normalized spacial score (nSPS) is 10.8. The number of anilines is 1. The van der Waals surface area contributed by atoms with Crippen LogP contribution in [0.15, 0.2) is 69.6 Å². The number of carbonyl (C=O) groups is 2. The van der Waals surface area contributed by atoms with Gasteiger partial charge in [0.15, 0.2) is 0 Å². The van der Waals surface area contributed by atoms with E-state index in [0.29, 0.717) is 5.52 Å². The number of ether oxygens (including phenoxy) is 1. The molecule has 1 amide bonds. The number of hydrogen-bond acceptors (Lipinski definition) is 6. The van der Waals surface area contributed by atoms with Crippen LogP contribution in [-0.2, 0) is 16.1 Å². The van der Waals surface area contributed by atoms with Crippen molar-refractivity contribution in [3.05, 3.63) is 92.2 Å². The first-order chi connectivity index (χ1) is 15.4. The van der Waals surface area contributed by atoms with Crippen molar-refractivity contribution in [2.75, 3.05) is 12.4 Å². The summed E-state index contributed by atoms with van der Waals surface area (Å²) in [5, 5.41) is 4.25. The minimum absolute atomic E-state index is 0.160. The molecule has 0 radical (unpaired) electrons. The van der Waals surface area contributed by atoms with Gasteiger partial charge in [0, 0.05) is 0 Å². The van der Waals surface area contributed by atoms with E-state index < -0.39 is 35.5 Å². The summed E-state index contributed by atoms with van der Waals surface area (Å²) in [5.41, 5.74) is -0.427. The second-order valence-electron chi connectivity index (χ2n) is 6.71. The van der Waals surface area contributed by atoms with Gasteiger partial charge in [-0.3, -0.25) is 14.2 Å². The van der Waals surface area contributed by atoms with E-state index >= 15 is 0 Å². The Kier molecular flexibility index (Phi) is 5.69. The highest BCUT2D eigenvalue weighted by molar-refractivity contribution is 7.17. The maximum Gasteiger partial charge on any atom is 0.339 e. The number of carbonyl (C=O) groups excluding carboxylic acids is 2. The summed E-state index contributed by atoms with van der Waals surface area (Å²) in [5.74, 6) is -1.72. The van der Waals surface area contributed by atoms with E-state index in [2.05, 4.69) is 5.32 Å². The van der Waals surface area contributed by atoms with Gasteiger partial charge in [0.05, 0.1) is 29.6 Å². The van der Waals surface area contributed by atoms with Gasteiger partial charge in [0.1, 0.15) is 17.1 Å². The van der Waals surface area contributed by atoms with Crippen molar-refractivity contribution >= 4 is 39.1 Å². The van der Waals surface area contributed by atoms with Crippen molar-refractivity contribution in [2.24, 2.45) is 0 Å². The van der Waals surface area contributed by atoms with Crippen LogP contribution in [0.3, 0.4) is 0 Å². The minimum atomic E-state index is -0.746. The summed E-state index contributed by atoms with van der Waals surface area (Å²) < 4.78 is 20.4. The van der Waals surface area contributed by atoms with Crippen LogP contribution in [0.1, 0.15) is 10.4 Å². The Bertz CT molecular complexity index is 1450. The maximum atomic E-state index is 13.3. The molecule has 0 bridgehead atoms. The molecule has 0 saturated heterocycles. The van der Waals surface area contributed by atoms with Gasteiger partial charge in [-0.05, 0) is 47.8 Å².